The Hall–Kier alpha value is -1.62. The molecule has 1 atom stereocenters. The molecule has 1 N–H and O–H groups in total. The van der Waals surface area contributed by atoms with Crippen molar-refractivity contribution in [1.29, 1.82) is 0 Å². The first-order chi connectivity index (χ1) is 12.5. The summed E-state index contributed by atoms with van der Waals surface area (Å²) >= 11 is 0. The number of aliphatic hydroxyl groups is 1. The summed E-state index contributed by atoms with van der Waals surface area (Å²) in [5, 5.41) is 9.74. The maximum Gasteiger partial charge on any atom is 0.230 e. The summed E-state index contributed by atoms with van der Waals surface area (Å²) in [7, 11) is 0. The molecule has 0 bridgehead atoms. The lowest BCUT2D eigenvalue weighted by Crippen LogP contribution is -2.50. The maximum atomic E-state index is 14.5. The van der Waals surface area contributed by atoms with E-state index in [1.807, 2.05) is 19.1 Å². The molecule has 142 valence electrons. The number of amides is 1. The number of carbonyl (C=O) groups is 1. The average molecular weight is 360 g/mol. The lowest BCUT2D eigenvalue weighted by molar-refractivity contribution is -0.139. The van der Waals surface area contributed by atoms with Gasteiger partial charge in [-0.15, -0.1) is 0 Å². The summed E-state index contributed by atoms with van der Waals surface area (Å²) in [6.45, 7) is 4.14. The molecule has 3 fully saturated rings. The molecule has 2 heterocycles. The molecule has 1 aromatic rings. The van der Waals surface area contributed by atoms with Crippen LogP contribution in [-0.2, 0) is 4.79 Å². The summed E-state index contributed by atoms with van der Waals surface area (Å²) in [4.78, 5) is 17.5. The first-order valence-electron chi connectivity index (χ1n) is 9.99. The van der Waals surface area contributed by atoms with Crippen LogP contribution in [-0.4, -0.2) is 47.7 Å². The van der Waals surface area contributed by atoms with Gasteiger partial charge in [-0.2, -0.15) is 0 Å². The van der Waals surface area contributed by atoms with Crippen molar-refractivity contribution in [3.05, 3.63) is 29.6 Å². The van der Waals surface area contributed by atoms with Crippen LogP contribution in [0.2, 0.25) is 0 Å². The predicted octanol–water partition coefficient (Wildman–Crippen LogP) is 3.26. The minimum atomic E-state index is -0.356. The molecule has 1 saturated carbocycles. The third-order valence-electron chi connectivity index (χ3n) is 6.67. The molecule has 1 spiro atoms. The lowest BCUT2D eigenvalue weighted by atomic mass is 9.78. The van der Waals surface area contributed by atoms with Crippen molar-refractivity contribution in [3.63, 3.8) is 0 Å². The van der Waals surface area contributed by atoms with Gasteiger partial charge in [0.25, 0.3) is 0 Å². The Morgan fingerprint density at radius 3 is 2.65 bits per heavy atom. The fourth-order valence-electron chi connectivity index (χ4n) is 5.15. The molecule has 2 saturated heterocycles. The van der Waals surface area contributed by atoms with E-state index in [1.54, 1.807) is 6.07 Å². The van der Waals surface area contributed by atoms with Crippen LogP contribution in [0.5, 0.6) is 0 Å². The first-order valence-corrected chi connectivity index (χ1v) is 9.99. The highest BCUT2D eigenvalue weighted by molar-refractivity contribution is 5.86. The van der Waals surface area contributed by atoms with E-state index >= 15 is 0 Å². The summed E-state index contributed by atoms with van der Waals surface area (Å²) in [6, 6.07) is 5.64. The second-order valence-corrected chi connectivity index (χ2v) is 8.47. The molecular formula is C21H29FN2O2. The number of anilines is 1. The van der Waals surface area contributed by atoms with Crippen molar-refractivity contribution in [2.45, 2.75) is 64.0 Å². The topological polar surface area (TPSA) is 43.8 Å². The minimum absolute atomic E-state index is 0.189. The molecule has 0 unspecified atom stereocenters. The quantitative estimate of drug-likeness (QED) is 0.880. The average Bonchev–Trinajstić information content (AvgIpc) is 2.92. The number of hydrogen-bond donors (Lipinski definition) is 1. The third kappa shape index (κ3) is 3.11. The van der Waals surface area contributed by atoms with Gasteiger partial charge in [-0.25, -0.2) is 4.39 Å². The number of benzene rings is 1. The number of nitrogens with zero attached hydrogens (tertiary/aromatic N) is 2. The van der Waals surface area contributed by atoms with Crippen LogP contribution < -0.4 is 4.90 Å². The van der Waals surface area contributed by atoms with Gasteiger partial charge in [0.2, 0.25) is 5.91 Å². The third-order valence-corrected chi connectivity index (χ3v) is 6.67. The van der Waals surface area contributed by atoms with Gasteiger partial charge in [0.15, 0.2) is 0 Å². The lowest BCUT2D eigenvalue weighted by Gasteiger charge is -2.41. The molecule has 1 amide bonds. The van der Waals surface area contributed by atoms with Crippen LogP contribution in [0.4, 0.5) is 10.1 Å². The van der Waals surface area contributed by atoms with Crippen molar-refractivity contribution in [2.75, 3.05) is 24.5 Å². The van der Waals surface area contributed by atoms with Crippen LogP contribution in [0.1, 0.15) is 50.5 Å². The van der Waals surface area contributed by atoms with Crippen LogP contribution in [0.3, 0.4) is 0 Å². The van der Waals surface area contributed by atoms with E-state index in [0.717, 1.165) is 63.6 Å². The number of piperidine rings is 1. The summed E-state index contributed by atoms with van der Waals surface area (Å²) in [5.41, 5.74) is 1.19. The Labute approximate surface area is 155 Å². The van der Waals surface area contributed by atoms with Gasteiger partial charge in [0.05, 0.1) is 17.2 Å². The van der Waals surface area contributed by atoms with Crippen LogP contribution in [0.25, 0.3) is 0 Å². The molecule has 0 aromatic heterocycles. The van der Waals surface area contributed by atoms with E-state index in [1.165, 1.54) is 0 Å². The van der Waals surface area contributed by atoms with E-state index in [0.29, 0.717) is 12.2 Å². The highest BCUT2D eigenvalue weighted by atomic mass is 19.1. The maximum absolute atomic E-state index is 14.5. The molecule has 26 heavy (non-hydrogen) atoms. The molecular weight excluding hydrogens is 331 g/mol. The zero-order valence-electron chi connectivity index (χ0n) is 15.6. The van der Waals surface area contributed by atoms with Crippen LogP contribution in [0, 0.1) is 18.2 Å². The molecule has 4 nitrogen and oxygen atoms in total. The van der Waals surface area contributed by atoms with Crippen LogP contribution in [0.15, 0.2) is 18.2 Å². The van der Waals surface area contributed by atoms with Crippen LogP contribution >= 0.6 is 0 Å². The number of carbonyl (C=O) groups excluding carboxylic acids is 1. The molecule has 2 aliphatic heterocycles. The minimum Gasteiger partial charge on any atom is -0.393 e. The Bertz CT molecular complexity index is 687. The SMILES string of the molecule is Cc1ccc(N2CCC[C@]3(CCN([C@H]4CC[C@@H](O)CC4)C3=O)C2)c(F)c1. The van der Waals surface area contributed by atoms with Gasteiger partial charge >= 0.3 is 0 Å². The van der Waals surface area contributed by atoms with Gasteiger partial charge < -0.3 is 14.9 Å². The normalized spacial score (nSPS) is 32.5. The van der Waals surface area contributed by atoms with Gasteiger partial charge in [-0.1, -0.05) is 6.07 Å². The first kappa shape index (κ1) is 17.8. The highest BCUT2D eigenvalue weighted by Gasteiger charge is 2.50. The highest BCUT2D eigenvalue weighted by Crippen LogP contribution is 2.43. The van der Waals surface area contributed by atoms with E-state index in [9.17, 15) is 14.3 Å². The predicted molar refractivity (Wildman–Crippen MR) is 99.6 cm³/mol. The van der Waals surface area contributed by atoms with E-state index in [-0.39, 0.29) is 29.3 Å². The number of likely N-dealkylation sites (tertiary alicyclic amines) is 1. The van der Waals surface area contributed by atoms with Crippen molar-refractivity contribution in [3.8, 4) is 0 Å². The van der Waals surface area contributed by atoms with E-state index in [2.05, 4.69) is 9.80 Å². The number of aliphatic hydroxyl groups excluding tert-OH is 1. The summed E-state index contributed by atoms with van der Waals surface area (Å²) in [6.07, 6.45) is 5.89. The molecule has 5 heteroatoms. The molecule has 0 radical (unpaired) electrons. The van der Waals surface area contributed by atoms with Crippen molar-refractivity contribution in [2.24, 2.45) is 5.41 Å². The number of aryl methyl sites for hydroxylation is 1. The Morgan fingerprint density at radius 2 is 1.92 bits per heavy atom. The summed E-state index contributed by atoms with van der Waals surface area (Å²) < 4.78 is 14.5. The Morgan fingerprint density at radius 1 is 1.15 bits per heavy atom. The molecule has 4 rings (SSSR count). The molecule has 1 aliphatic carbocycles. The zero-order valence-corrected chi connectivity index (χ0v) is 15.6. The zero-order chi connectivity index (χ0) is 18.3. The fourth-order valence-corrected chi connectivity index (χ4v) is 5.15. The Kier molecular flexibility index (Phi) is 4.68. The smallest absolute Gasteiger partial charge is 0.230 e. The Balaban J connectivity index is 1.50. The van der Waals surface area contributed by atoms with Crippen molar-refractivity contribution < 1.29 is 14.3 Å². The van der Waals surface area contributed by atoms with Gasteiger partial charge in [0.1, 0.15) is 5.82 Å². The number of rotatable bonds is 2. The second kappa shape index (κ2) is 6.84. The number of halogens is 1. The van der Waals surface area contributed by atoms with Gasteiger partial charge in [-0.05, 0) is 69.6 Å². The summed E-state index contributed by atoms with van der Waals surface area (Å²) in [5.74, 6) is 0.0710. The fraction of sp³-hybridized carbons (Fsp3) is 0.667. The number of hydrogen-bond acceptors (Lipinski definition) is 3. The largest absolute Gasteiger partial charge is 0.393 e. The van der Waals surface area contributed by atoms with Gasteiger partial charge in [0, 0.05) is 25.7 Å². The van der Waals surface area contributed by atoms with Crippen molar-refractivity contribution >= 4 is 11.6 Å². The van der Waals surface area contributed by atoms with E-state index in [4.69, 9.17) is 0 Å². The van der Waals surface area contributed by atoms with Gasteiger partial charge in [-0.3, -0.25) is 4.79 Å². The second-order valence-electron chi connectivity index (χ2n) is 8.47. The standard InChI is InChI=1S/C21H29FN2O2/c1-15-3-8-19(18(22)13-15)23-11-2-9-21(14-23)10-12-24(20(21)26)16-4-6-17(25)7-5-16/h3,8,13,16-17,25H,2,4-7,9-12,14H2,1H3/t16-,17+,21-/m0/s1. The van der Waals surface area contributed by atoms with E-state index < -0.39 is 0 Å². The monoisotopic (exact) mass is 360 g/mol. The molecule has 3 aliphatic rings. The van der Waals surface area contributed by atoms with Crippen molar-refractivity contribution in [1.82, 2.24) is 4.90 Å². The molecule has 1 aromatic carbocycles.